The van der Waals surface area contributed by atoms with E-state index in [1.807, 2.05) is 0 Å². The van der Waals surface area contributed by atoms with E-state index in [0.29, 0.717) is 11.3 Å². The van der Waals surface area contributed by atoms with Crippen LogP contribution in [0, 0.1) is 0 Å². The van der Waals surface area contributed by atoms with Crippen LogP contribution in [-0.4, -0.2) is 13.0 Å². The number of hydrogen-bond donors (Lipinski definition) is 3. The van der Waals surface area contributed by atoms with Crippen molar-refractivity contribution in [1.82, 2.24) is 0 Å². The van der Waals surface area contributed by atoms with E-state index < -0.39 is 10.1 Å². The maximum Gasteiger partial charge on any atom is 0.296 e. The van der Waals surface area contributed by atoms with Gasteiger partial charge in [0.15, 0.2) is 0 Å². The van der Waals surface area contributed by atoms with Gasteiger partial charge in [0.05, 0.1) is 5.69 Å². The fraction of sp³-hybridized carbons (Fsp3) is 0.143. The van der Waals surface area contributed by atoms with E-state index in [0.717, 1.165) is 0 Å². The van der Waals surface area contributed by atoms with Gasteiger partial charge in [-0.1, -0.05) is 6.07 Å². The van der Waals surface area contributed by atoms with Crippen LogP contribution in [-0.2, 0) is 15.9 Å². The van der Waals surface area contributed by atoms with Crippen LogP contribution in [0.25, 0.3) is 0 Å². The van der Waals surface area contributed by atoms with Crippen LogP contribution >= 0.6 is 12.6 Å². The smallest absolute Gasteiger partial charge is 0.296 e. The largest absolute Gasteiger partial charge is 0.398 e. The summed E-state index contributed by atoms with van der Waals surface area (Å²) in [4.78, 5) is -0.265. The Labute approximate surface area is 81.9 Å². The third-order valence-electron chi connectivity index (χ3n) is 1.54. The molecule has 1 aromatic rings. The summed E-state index contributed by atoms with van der Waals surface area (Å²) in [6.07, 6.45) is 0. The molecule has 0 spiro atoms. The molecular weight excluding hydrogens is 210 g/mol. The molecule has 0 amide bonds. The van der Waals surface area contributed by atoms with Crippen LogP contribution in [0.1, 0.15) is 5.56 Å². The Morgan fingerprint density at radius 3 is 2.54 bits per heavy atom. The first-order valence-corrected chi connectivity index (χ1v) is 5.49. The minimum Gasteiger partial charge on any atom is -0.398 e. The van der Waals surface area contributed by atoms with Gasteiger partial charge in [-0.2, -0.15) is 21.0 Å². The van der Waals surface area contributed by atoms with Crippen LogP contribution in [0.3, 0.4) is 0 Å². The first-order chi connectivity index (χ1) is 5.95. The number of nitrogen functional groups attached to an aromatic ring is 1. The highest BCUT2D eigenvalue weighted by atomic mass is 32.2. The van der Waals surface area contributed by atoms with E-state index in [4.69, 9.17) is 10.3 Å². The van der Waals surface area contributed by atoms with E-state index in [1.54, 1.807) is 6.07 Å². The monoisotopic (exact) mass is 219 g/mol. The van der Waals surface area contributed by atoms with E-state index >= 15 is 0 Å². The first kappa shape index (κ1) is 10.4. The minimum atomic E-state index is -4.23. The Kier molecular flexibility index (Phi) is 2.84. The van der Waals surface area contributed by atoms with Gasteiger partial charge < -0.3 is 5.73 Å². The van der Waals surface area contributed by atoms with Gasteiger partial charge in [-0.25, -0.2) is 0 Å². The molecule has 13 heavy (non-hydrogen) atoms. The molecular formula is C7H9NO3S2. The number of anilines is 1. The second-order valence-corrected chi connectivity index (χ2v) is 4.21. The van der Waals surface area contributed by atoms with Crippen molar-refractivity contribution in [3.05, 3.63) is 23.8 Å². The zero-order chi connectivity index (χ0) is 10.1. The van der Waals surface area contributed by atoms with Gasteiger partial charge in [0, 0.05) is 5.75 Å². The molecule has 0 aliphatic heterocycles. The molecule has 0 atom stereocenters. The van der Waals surface area contributed by atoms with Crippen LogP contribution in [0.5, 0.6) is 0 Å². The van der Waals surface area contributed by atoms with E-state index in [1.165, 1.54) is 12.1 Å². The molecule has 1 rings (SSSR count). The second-order valence-electron chi connectivity index (χ2n) is 2.51. The summed E-state index contributed by atoms with van der Waals surface area (Å²) < 4.78 is 30.3. The van der Waals surface area contributed by atoms with Crippen molar-refractivity contribution in [3.8, 4) is 0 Å². The molecule has 6 heteroatoms. The highest BCUT2D eigenvalue weighted by Crippen LogP contribution is 2.20. The van der Waals surface area contributed by atoms with Crippen molar-refractivity contribution in [3.63, 3.8) is 0 Å². The lowest BCUT2D eigenvalue weighted by Gasteiger charge is -2.03. The summed E-state index contributed by atoms with van der Waals surface area (Å²) in [7, 11) is -4.23. The molecule has 0 heterocycles. The normalized spacial score (nSPS) is 11.5. The molecule has 0 aliphatic carbocycles. The van der Waals surface area contributed by atoms with Gasteiger partial charge >= 0.3 is 0 Å². The van der Waals surface area contributed by atoms with Gasteiger partial charge in [0.1, 0.15) is 4.90 Å². The minimum absolute atomic E-state index is 0.0352. The lowest BCUT2D eigenvalue weighted by molar-refractivity contribution is 0.483. The summed E-state index contributed by atoms with van der Waals surface area (Å²) in [5.74, 6) is 0.392. The zero-order valence-electron chi connectivity index (χ0n) is 6.64. The molecule has 0 radical (unpaired) electrons. The Balaban J connectivity index is 3.36. The Morgan fingerprint density at radius 1 is 1.46 bits per heavy atom. The van der Waals surface area contributed by atoms with E-state index in [2.05, 4.69) is 12.6 Å². The second kappa shape index (κ2) is 3.57. The number of nitrogens with two attached hydrogens (primary N) is 1. The van der Waals surface area contributed by atoms with Crippen molar-refractivity contribution >= 4 is 28.4 Å². The summed E-state index contributed by atoms with van der Waals surface area (Å²) >= 11 is 3.97. The van der Waals surface area contributed by atoms with Crippen molar-refractivity contribution in [2.24, 2.45) is 0 Å². The third kappa shape index (κ3) is 2.36. The lowest BCUT2D eigenvalue weighted by Crippen LogP contribution is -2.03. The Hall–Kier alpha value is -0.720. The van der Waals surface area contributed by atoms with Crippen molar-refractivity contribution in [2.75, 3.05) is 5.73 Å². The van der Waals surface area contributed by atoms with Crippen molar-refractivity contribution < 1.29 is 13.0 Å². The quantitative estimate of drug-likeness (QED) is 0.393. The van der Waals surface area contributed by atoms with Gasteiger partial charge in [0.25, 0.3) is 10.1 Å². The molecule has 72 valence electrons. The maximum absolute atomic E-state index is 10.8. The summed E-state index contributed by atoms with van der Waals surface area (Å²) in [6, 6.07) is 4.38. The van der Waals surface area contributed by atoms with E-state index in [9.17, 15) is 8.42 Å². The van der Waals surface area contributed by atoms with E-state index in [-0.39, 0.29) is 10.6 Å². The summed E-state index contributed by atoms with van der Waals surface area (Å²) in [5, 5.41) is 0. The number of hydrogen-bond acceptors (Lipinski definition) is 4. The topological polar surface area (TPSA) is 80.4 Å². The van der Waals surface area contributed by atoms with Gasteiger partial charge in [-0.15, -0.1) is 0 Å². The third-order valence-corrected chi connectivity index (χ3v) is 2.81. The molecule has 0 unspecified atom stereocenters. The molecule has 4 nitrogen and oxygen atoms in total. The number of benzene rings is 1. The van der Waals surface area contributed by atoms with Gasteiger partial charge in [0.2, 0.25) is 0 Å². The fourth-order valence-electron chi connectivity index (χ4n) is 0.901. The predicted octanol–water partition coefficient (Wildman–Crippen LogP) is 0.945. The number of rotatable bonds is 2. The molecule has 0 saturated heterocycles. The Morgan fingerprint density at radius 2 is 2.08 bits per heavy atom. The molecule has 0 saturated carbocycles. The number of thiol groups is 1. The molecule has 3 N–H and O–H groups in total. The highest BCUT2D eigenvalue weighted by molar-refractivity contribution is 7.86. The Bertz CT molecular complexity index is 414. The maximum atomic E-state index is 10.8. The van der Waals surface area contributed by atoms with Crippen LogP contribution in [0.2, 0.25) is 0 Å². The lowest BCUT2D eigenvalue weighted by atomic mass is 10.2. The molecule has 0 bridgehead atoms. The first-order valence-electron chi connectivity index (χ1n) is 3.42. The SMILES string of the molecule is Nc1ccc(CS)cc1S(=O)(=O)O. The fourth-order valence-corrected chi connectivity index (χ4v) is 1.76. The van der Waals surface area contributed by atoms with Crippen LogP contribution < -0.4 is 5.73 Å². The molecule has 0 aromatic heterocycles. The molecule has 1 aromatic carbocycles. The predicted molar refractivity (Wildman–Crippen MR) is 53.4 cm³/mol. The average molecular weight is 219 g/mol. The van der Waals surface area contributed by atoms with Crippen molar-refractivity contribution in [2.45, 2.75) is 10.6 Å². The standard InChI is InChI=1S/C7H9NO3S2/c8-6-2-1-5(4-12)3-7(6)13(9,10)11/h1-3,12H,4,8H2,(H,9,10,11). The van der Waals surface area contributed by atoms with Crippen LogP contribution in [0.4, 0.5) is 5.69 Å². The van der Waals surface area contributed by atoms with Gasteiger partial charge in [-0.3, -0.25) is 4.55 Å². The summed E-state index contributed by atoms with van der Waals surface area (Å²) in [5.41, 5.74) is 6.09. The van der Waals surface area contributed by atoms with Gasteiger partial charge in [-0.05, 0) is 17.7 Å². The summed E-state index contributed by atoms with van der Waals surface area (Å²) in [6.45, 7) is 0. The highest BCUT2D eigenvalue weighted by Gasteiger charge is 2.13. The van der Waals surface area contributed by atoms with Crippen molar-refractivity contribution in [1.29, 1.82) is 0 Å². The molecule has 0 fully saturated rings. The zero-order valence-corrected chi connectivity index (χ0v) is 8.35. The average Bonchev–Trinajstić information content (AvgIpc) is 2.03. The van der Waals surface area contributed by atoms with Crippen LogP contribution in [0.15, 0.2) is 23.1 Å². The molecule has 0 aliphatic rings.